The SMILES string of the molecule is C1=CC2C(C1)CC1CC=CC12.C1=C[C@H]2[CH-][C@H]3CC=C[C@H]3[C@H]2C1. The lowest BCUT2D eigenvalue weighted by atomic mass is 9.90. The van der Waals surface area contributed by atoms with Crippen molar-refractivity contribution in [3.05, 3.63) is 55.0 Å². The van der Waals surface area contributed by atoms with Crippen molar-refractivity contribution in [2.75, 3.05) is 0 Å². The van der Waals surface area contributed by atoms with E-state index in [0.29, 0.717) is 0 Å². The highest BCUT2D eigenvalue weighted by molar-refractivity contribution is 5.23. The minimum atomic E-state index is 0.829. The highest BCUT2D eigenvalue weighted by Crippen LogP contribution is 2.52. The fourth-order valence-corrected chi connectivity index (χ4v) is 6.19. The molecule has 0 aromatic heterocycles. The quantitative estimate of drug-likeness (QED) is 0.416. The topological polar surface area (TPSA) is 0 Å². The molecule has 116 valence electrons. The van der Waals surface area contributed by atoms with Crippen LogP contribution in [0.1, 0.15) is 32.1 Å². The van der Waals surface area contributed by atoms with Gasteiger partial charge >= 0.3 is 0 Å². The van der Waals surface area contributed by atoms with Gasteiger partial charge in [-0.15, -0.1) is 12.0 Å². The summed E-state index contributed by atoms with van der Waals surface area (Å²) in [6, 6.07) is 0. The molecule has 4 unspecified atom stereocenters. The van der Waals surface area contributed by atoms with E-state index in [1.54, 1.807) is 0 Å². The average Bonchev–Trinajstić information content (AvgIpc) is 3.27. The summed E-state index contributed by atoms with van der Waals surface area (Å²) in [5, 5.41) is 0. The summed E-state index contributed by atoms with van der Waals surface area (Å²) >= 11 is 0. The molecule has 0 aliphatic heterocycles. The number of rotatable bonds is 0. The lowest BCUT2D eigenvalue weighted by molar-refractivity contribution is 0.397. The molecule has 0 N–H and O–H groups in total. The number of hydrogen-bond acceptors (Lipinski definition) is 0. The molecule has 0 amide bonds. The maximum absolute atomic E-state index is 2.57. The van der Waals surface area contributed by atoms with Crippen LogP contribution < -0.4 is 0 Å². The normalized spacial score (nSPS) is 51.6. The Morgan fingerprint density at radius 2 is 1.27 bits per heavy atom. The molecule has 0 aromatic carbocycles. The minimum absolute atomic E-state index is 0.829. The van der Waals surface area contributed by atoms with Crippen molar-refractivity contribution in [3.63, 3.8) is 0 Å². The Labute approximate surface area is 135 Å². The van der Waals surface area contributed by atoms with Crippen molar-refractivity contribution < 1.29 is 0 Å². The van der Waals surface area contributed by atoms with Crippen LogP contribution in [0.15, 0.2) is 48.6 Å². The van der Waals surface area contributed by atoms with E-state index in [1.807, 2.05) is 0 Å². The molecule has 0 saturated heterocycles. The van der Waals surface area contributed by atoms with E-state index < -0.39 is 0 Å². The lowest BCUT2D eigenvalue weighted by Gasteiger charge is -2.19. The van der Waals surface area contributed by atoms with E-state index in [1.165, 1.54) is 32.1 Å². The Hall–Kier alpha value is -1.04. The van der Waals surface area contributed by atoms with Crippen LogP contribution in [0.3, 0.4) is 0 Å². The van der Waals surface area contributed by atoms with Crippen LogP contribution in [0.25, 0.3) is 0 Å². The van der Waals surface area contributed by atoms with Crippen LogP contribution in [-0.4, -0.2) is 0 Å². The number of allylic oxidation sites excluding steroid dienone is 8. The first-order valence-electron chi connectivity index (χ1n) is 9.42. The van der Waals surface area contributed by atoms with Gasteiger partial charge in [0.25, 0.3) is 0 Å². The van der Waals surface area contributed by atoms with E-state index in [0.717, 1.165) is 47.3 Å². The monoisotopic (exact) mass is 291 g/mol. The van der Waals surface area contributed by atoms with Crippen LogP contribution in [0.2, 0.25) is 0 Å². The van der Waals surface area contributed by atoms with Crippen molar-refractivity contribution >= 4 is 0 Å². The van der Waals surface area contributed by atoms with Crippen LogP contribution in [0.5, 0.6) is 0 Å². The second kappa shape index (κ2) is 5.25. The molecule has 8 atom stereocenters. The standard InChI is InChI=1S/C11H14.C11H13/c2*1-3-8-7-9-4-2-6-11(9)10(8)5-1/h1-2,5-6,8-11H,3-4,7H2;1-3,6-11H,4-5H2/q;-1/t;8-,9+,10-,11+/m.0/s1. The first-order valence-corrected chi connectivity index (χ1v) is 9.42. The maximum Gasteiger partial charge on any atom is -0.0136 e. The minimum Gasteiger partial charge on any atom is -0.318 e. The van der Waals surface area contributed by atoms with Gasteiger partial charge in [0.2, 0.25) is 0 Å². The summed E-state index contributed by atoms with van der Waals surface area (Å²) in [6.07, 6.45) is 28.7. The highest BCUT2D eigenvalue weighted by atomic mass is 14.5. The highest BCUT2D eigenvalue weighted by Gasteiger charge is 2.42. The lowest BCUT2D eigenvalue weighted by Crippen LogP contribution is -2.08. The third-order valence-corrected chi connectivity index (χ3v) is 7.22. The van der Waals surface area contributed by atoms with Gasteiger partial charge in [0, 0.05) is 0 Å². The zero-order valence-electron chi connectivity index (χ0n) is 13.4. The molecule has 0 spiro atoms. The second-order valence-corrected chi connectivity index (χ2v) is 8.24. The second-order valence-electron chi connectivity index (χ2n) is 8.24. The molecule has 6 aliphatic rings. The van der Waals surface area contributed by atoms with E-state index in [-0.39, 0.29) is 0 Å². The Bertz CT molecular complexity index is 524. The fourth-order valence-electron chi connectivity index (χ4n) is 6.19. The smallest absolute Gasteiger partial charge is 0.0136 e. The molecule has 0 radical (unpaired) electrons. The molecule has 0 bridgehead atoms. The molecule has 22 heavy (non-hydrogen) atoms. The molecule has 0 heterocycles. The van der Waals surface area contributed by atoms with E-state index in [2.05, 4.69) is 55.0 Å². The Kier molecular flexibility index (Phi) is 3.20. The predicted octanol–water partition coefficient (Wildman–Crippen LogP) is 5.36. The molecular weight excluding hydrogens is 264 g/mol. The largest absolute Gasteiger partial charge is 0.318 e. The summed E-state index contributed by atoms with van der Waals surface area (Å²) in [5.41, 5.74) is 0. The van der Waals surface area contributed by atoms with Gasteiger partial charge in [-0.1, -0.05) is 54.9 Å². The fraction of sp³-hybridized carbons (Fsp3) is 0.591. The predicted molar refractivity (Wildman–Crippen MR) is 91.9 cm³/mol. The van der Waals surface area contributed by atoms with Crippen molar-refractivity contribution in [2.45, 2.75) is 32.1 Å². The van der Waals surface area contributed by atoms with Gasteiger partial charge in [0.1, 0.15) is 0 Å². The molecule has 2 saturated carbocycles. The van der Waals surface area contributed by atoms with Crippen LogP contribution in [0, 0.1) is 53.8 Å². The summed E-state index contributed by atoms with van der Waals surface area (Å²) in [4.78, 5) is 0. The number of hydrogen-bond donors (Lipinski definition) is 0. The molecule has 0 nitrogen and oxygen atoms in total. The van der Waals surface area contributed by atoms with Gasteiger partial charge in [0.15, 0.2) is 0 Å². The van der Waals surface area contributed by atoms with Crippen molar-refractivity contribution in [1.29, 1.82) is 0 Å². The third-order valence-electron chi connectivity index (χ3n) is 7.22. The first-order chi connectivity index (χ1) is 10.9. The zero-order valence-corrected chi connectivity index (χ0v) is 13.4. The van der Waals surface area contributed by atoms with E-state index in [4.69, 9.17) is 0 Å². The molecular formula is C22H27-. The van der Waals surface area contributed by atoms with Gasteiger partial charge in [-0.2, -0.15) is 5.92 Å². The van der Waals surface area contributed by atoms with E-state index in [9.17, 15) is 0 Å². The van der Waals surface area contributed by atoms with E-state index >= 15 is 0 Å². The average molecular weight is 291 g/mol. The van der Waals surface area contributed by atoms with Gasteiger partial charge in [-0.05, 0) is 55.3 Å². The van der Waals surface area contributed by atoms with Gasteiger partial charge in [-0.25, -0.2) is 0 Å². The Morgan fingerprint density at radius 1 is 0.636 bits per heavy atom. The van der Waals surface area contributed by atoms with Crippen LogP contribution in [0.4, 0.5) is 0 Å². The van der Waals surface area contributed by atoms with Crippen molar-refractivity contribution in [3.8, 4) is 0 Å². The summed E-state index contributed by atoms with van der Waals surface area (Å²) in [7, 11) is 0. The molecule has 6 rings (SSSR count). The van der Waals surface area contributed by atoms with Crippen LogP contribution >= 0.6 is 0 Å². The molecule has 2 fully saturated rings. The zero-order chi connectivity index (χ0) is 14.5. The van der Waals surface area contributed by atoms with Crippen molar-refractivity contribution in [1.82, 2.24) is 0 Å². The third kappa shape index (κ3) is 2.02. The van der Waals surface area contributed by atoms with Gasteiger partial charge in [-0.3, -0.25) is 0 Å². The summed E-state index contributed by atoms with van der Waals surface area (Å²) in [6.45, 7) is 0. The van der Waals surface area contributed by atoms with Crippen molar-refractivity contribution in [2.24, 2.45) is 47.3 Å². The Morgan fingerprint density at radius 3 is 2.05 bits per heavy atom. The molecule has 0 heteroatoms. The van der Waals surface area contributed by atoms with Gasteiger partial charge in [0.05, 0.1) is 0 Å². The van der Waals surface area contributed by atoms with Gasteiger partial charge < -0.3 is 6.42 Å². The summed E-state index contributed by atoms with van der Waals surface area (Å²) in [5.74, 6) is 7.47. The molecule has 0 aromatic rings. The molecule has 6 aliphatic carbocycles. The first kappa shape index (κ1) is 13.4. The summed E-state index contributed by atoms with van der Waals surface area (Å²) < 4.78 is 0. The maximum atomic E-state index is 2.57. The Balaban J connectivity index is 0.000000102. The van der Waals surface area contributed by atoms with Crippen LogP contribution in [-0.2, 0) is 0 Å². The number of fused-ring (bicyclic) bond motifs is 6.